The normalized spacial score (nSPS) is 12.5. The van der Waals surface area contributed by atoms with Crippen LogP contribution in [0.5, 0.6) is 5.75 Å². The third kappa shape index (κ3) is 5.91. The van der Waals surface area contributed by atoms with Gasteiger partial charge in [0.05, 0.1) is 13.0 Å². The summed E-state index contributed by atoms with van der Waals surface area (Å²) in [7, 11) is 0. The Bertz CT molecular complexity index is 530. The topological polar surface area (TPSA) is 80.7 Å². The SMILES string of the molecule is C/C=C(\C=O)[C@H](CC=O)CC(=O)OCCc1ccc(O)cc1. The summed E-state index contributed by atoms with van der Waals surface area (Å²) in [4.78, 5) is 33.3. The standard InChI is InChI=1S/C17H20O5/c1-2-14(12-19)15(7-9-18)11-17(21)22-10-8-13-3-5-16(20)6-4-13/h2-6,9,12,15,20H,7-8,10-11H2,1H3/b14-2+/t15-/m1/s1. The molecule has 1 rings (SSSR count). The molecular formula is C17H20O5. The average Bonchev–Trinajstić information content (AvgIpc) is 2.50. The maximum Gasteiger partial charge on any atom is 0.306 e. The predicted molar refractivity (Wildman–Crippen MR) is 81.4 cm³/mol. The molecule has 0 amide bonds. The van der Waals surface area contributed by atoms with Gasteiger partial charge in [0.25, 0.3) is 0 Å². The van der Waals surface area contributed by atoms with E-state index >= 15 is 0 Å². The van der Waals surface area contributed by atoms with Crippen molar-refractivity contribution in [3.8, 4) is 5.75 Å². The van der Waals surface area contributed by atoms with Gasteiger partial charge >= 0.3 is 5.97 Å². The summed E-state index contributed by atoms with van der Waals surface area (Å²) in [5, 5.41) is 9.17. The molecule has 1 aromatic carbocycles. The van der Waals surface area contributed by atoms with Gasteiger partial charge in [-0.3, -0.25) is 9.59 Å². The van der Waals surface area contributed by atoms with Crippen LogP contribution in [0.1, 0.15) is 25.3 Å². The van der Waals surface area contributed by atoms with E-state index < -0.39 is 11.9 Å². The molecule has 1 N–H and O–H groups in total. The predicted octanol–water partition coefficient (Wildman–Crippen LogP) is 2.22. The molecule has 0 spiro atoms. The lowest BCUT2D eigenvalue weighted by Crippen LogP contribution is -2.16. The third-order valence-corrected chi connectivity index (χ3v) is 3.32. The van der Waals surface area contributed by atoms with Crippen molar-refractivity contribution in [3.63, 3.8) is 0 Å². The molecule has 22 heavy (non-hydrogen) atoms. The van der Waals surface area contributed by atoms with Crippen molar-refractivity contribution in [2.75, 3.05) is 6.61 Å². The molecule has 0 radical (unpaired) electrons. The van der Waals surface area contributed by atoms with Gasteiger partial charge < -0.3 is 14.6 Å². The first-order chi connectivity index (χ1) is 10.6. The third-order valence-electron chi connectivity index (χ3n) is 3.32. The summed E-state index contributed by atoms with van der Waals surface area (Å²) in [5.74, 6) is -0.682. The van der Waals surface area contributed by atoms with Gasteiger partial charge in [0.2, 0.25) is 0 Å². The van der Waals surface area contributed by atoms with Crippen LogP contribution in [0, 0.1) is 5.92 Å². The Balaban J connectivity index is 2.45. The Labute approximate surface area is 129 Å². The molecule has 1 aromatic rings. The van der Waals surface area contributed by atoms with Crippen LogP contribution < -0.4 is 0 Å². The number of hydrogen-bond donors (Lipinski definition) is 1. The highest BCUT2D eigenvalue weighted by Crippen LogP contribution is 2.18. The van der Waals surface area contributed by atoms with Gasteiger partial charge in [-0.15, -0.1) is 0 Å². The van der Waals surface area contributed by atoms with Gasteiger partial charge in [0.1, 0.15) is 18.3 Å². The lowest BCUT2D eigenvalue weighted by molar-refractivity contribution is -0.144. The summed E-state index contributed by atoms with van der Waals surface area (Å²) in [6.45, 7) is 1.90. The first-order valence-corrected chi connectivity index (χ1v) is 7.09. The number of allylic oxidation sites excluding steroid dienone is 2. The molecule has 0 fully saturated rings. The summed E-state index contributed by atoms with van der Waals surface area (Å²) < 4.78 is 5.13. The molecular weight excluding hydrogens is 284 g/mol. The van der Waals surface area contributed by atoms with E-state index in [2.05, 4.69) is 0 Å². The molecule has 0 unspecified atom stereocenters. The van der Waals surface area contributed by atoms with Crippen molar-refractivity contribution in [1.82, 2.24) is 0 Å². The molecule has 0 aromatic heterocycles. The van der Waals surface area contributed by atoms with E-state index in [1.807, 2.05) is 0 Å². The van der Waals surface area contributed by atoms with Crippen molar-refractivity contribution in [2.24, 2.45) is 5.92 Å². The molecule has 0 saturated heterocycles. The first kappa shape index (κ1) is 17.6. The zero-order chi connectivity index (χ0) is 16.4. The van der Waals surface area contributed by atoms with Crippen molar-refractivity contribution < 1.29 is 24.2 Å². The number of benzene rings is 1. The minimum atomic E-state index is -0.438. The van der Waals surface area contributed by atoms with Gasteiger partial charge in [0.15, 0.2) is 0 Å². The second-order valence-corrected chi connectivity index (χ2v) is 4.85. The second kappa shape index (κ2) is 9.50. The van der Waals surface area contributed by atoms with Crippen LogP contribution in [0.4, 0.5) is 0 Å². The highest BCUT2D eigenvalue weighted by molar-refractivity contribution is 5.78. The fourth-order valence-electron chi connectivity index (χ4n) is 2.06. The number of phenols is 1. The second-order valence-electron chi connectivity index (χ2n) is 4.85. The number of phenolic OH excluding ortho intramolecular Hbond substituents is 1. The number of aromatic hydroxyl groups is 1. The number of carbonyl (C=O) groups excluding carboxylic acids is 3. The van der Waals surface area contributed by atoms with E-state index in [0.29, 0.717) is 24.6 Å². The van der Waals surface area contributed by atoms with E-state index in [9.17, 15) is 19.5 Å². The summed E-state index contributed by atoms with van der Waals surface area (Å²) in [5.41, 5.74) is 1.37. The van der Waals surface area contributed by atoms with Crippen LogP contribution in [-0.2, 0) is 25.5 Å². The number of aldehydes is 2. The average molecular weight is 304 g/mol. The van der Waals surface area contributed by atoms with Crippen LogP contribution in [0.2, 0.25) is 0 Å². The van der Waals surface area contributed by atoms with Crippen molar-refractivity contribution in [3.05, 3.63) is 41.5 Å². The maximum atomic E-state index is 11.8. The molecule has 5 nitrogen and oxygen atoms in total. The van der Waals surface area contributed by atoms with E-state index in [1.165, 1.54) is 0 Å². The maximum absolute atomic E-state index is 11.8. The largest absolute Gasteiger partial charge is 0.508 e. The van der Waals surface area contributed by atoms with Gasteiger partial charge in [0, 0.05) is 18.8 Å². The summed E-state index contributed by atoms with van der Waals surface area (Å²) in [6, 6.07) is 6.64. The molecule has 5 heteroatoms. The minimum Gasteiger partial charge on any atom is -0.508 e. The number of esters is 1. The first-order valence-electron chi connectivity index (χ1n) is 7.09. The number of rotatable bonds is 9. The fraction of sp³-hybridized carbons (Fsp3) is 0.353. The number of hydrogen-bond acceptors (Lipinski definition) is 5. The summed E-state index contributed by atoms with van der Waals surface area (Å²) in [6.07, 6.45) is 3.62. The smallest absolute Gasteiger partial charge is 0.306 e. The number of ether oxygens (including phenoxy) is 1. The highest BCUT2D eigenvalue weighted by Gasteiger charge is 2.18. The zero-order valence-corrected chi connectivity index (χ0v) is 12.5. The molecule has 0 aliphatic carbocycles. The Morgan fingerprint density at radius 1 is 1.27 bits per heavy atom. The Hall–Kier alpha value is -2.43. The van der Waals surface area contributed by atoms with Crippen molar-refractivity contribution in [1.29, 1.82) is 0 Å². The highest BCUT2D eigenvalue weighted by atomic mass is 16.5. The molecule has 1 atom stereocenters. The molecule has 0 aliphatic heterocycles. The van der Waals surface area contributed by atoms with E-state index in [-0.39, 0.29) is 25.2 Å². The van der Waals surface area contributed by atoms with Crippen molar-refractivity contribution in [2.45, 2.75) is 26.2 Å². The molecule has 0 aliphatic rings. The van der Waals surface area contributed by atoms with Gasteiger partial charge in [-0.25, -0.2) is 0 Å². The van der Waals surface area contributed by atoms with Crippen LogP contribution in [0.3, 0.4) is 0 Å². The van der Waals surface area contributed by atoms with Gasteiger partial charge in [-0.2, -0.15) is 0 Å². The van der Waals surface area contributed by atoms with Crippen LogP contribution in [0.25, 0.3) is 0 Å². The molecule has 0 saturated carbocycles. The number of carbonyl (C=O) groups is 3. The minimum absolute atomic E-state index is 0.00668. The Morgan fingerprint density at radius 3 is 2.50 bits per heavy atom. The molecule has 0 heterocycles. The van der Waals surface area contributed by atoms with E-state index in [1.54, 1.807) is 37.3 Å². The van der Waals surface area contributed by atoms with E-state index in [0.717, 1.165) is 5.56 Å². The Kier molecular flexibility index (Phi) is 7.61. The van der Waals surface area contributed by atoms with Gasteiger partial charge in [-0.1, -0.05) is 18.2 Å². The van der Waals surface area contributed by atoms with E-state index in [4.69, 9.17) is 4.74 Å². The monoisotopic (exact) mass is 304 g/mol. The van der Waals surface area contributed by atoms with Crippen LogP contribution in [0.15, 0.2) is 35.9 Å². The van der Waals surface area contributed by atoms with Crippen LogP contribution in [-0.4, -0.2) is 30.3 Å². The van der Waals surface area contributed by atoms with Crippen LogP contribution >= 0.6 is 0 Å². The summed E-state index contributed by atoms with van der Waals surface area (Å²) >= 11 is 0. The molecule has 0 bridgehead atoms. The lowest BCUT2D eigenvalue weighted by Gasteiger charge is -2.13. The van der Waals surface area contributed by atoms with Gasteiger partial charge in [-0.05, 0) is 30.2 Å². The quantitative estimate of drug-likeness (QED) is 0.430. The lowest BCUT2D eigenvalue weighted by atomic mass is 9.93. The molecule has 118 valence electrons. The Morgan fingerprint density at radius 2 is 1.95 bits per heavy atom. The van der Waals surface area contributed by atoms with Crippen molar-refractivity contribution >= 4 is 18.5 Å². The zero-order valence-electron chi connectivity index (χ0n) is 12.5. The fourth-order valence-corrected chi connectivity index (χ4v) is 2.06.